The molecule has 2 aromatic carbocycles. The van der Waals surface area contributed by atoms with Crippen LogP contribution >= 0.6 is 0 Å². The first-order chi connectivity index (χ1) is 7.66. The highest BCUT2D eigenvalue weighted by Crippen LogP contribution is 2.30. The SMILES string of the molecule is Cc1ccc(Oc2ccccc2O)cc1C. The van der Waals surface area contributed by atoms with E-state index in [-0.39, 0.29) is 5.75 Å². The zero-order valence-corrected chi connectivity index (χ0v) is 9.40. The number of phenolic OH excluding ortho intramolecular Hbond substituents is 1. The molecule has 16 heavy (non-hydrogen) atoms. The van der Waals surface area contributed by atoms with Crippen LogP contribution in [0.2, 0.25) is 0 Å². The zero-order valence-electron chi connectivity index (χ0n) is 9.40. The Bertz CT molecular complexity index is 504. The number of aromatic hydroxyl groups is 1. The van der Waals surface area contributed by atoms with Crippen LogP contribution in [0.1, 0.15) is 11.1 Å². The molecular formula is C14H14O2. The molecule has 0 heterocycles. The van der Waals surface area contributed by atoms with E-state index in [1.165, 1.54) is 11.1 Å². The van der Waals surface area contributed by atoms with Gasteiger partial charge in [-0.15, -0.1) is 0 Å². The third-order valence-corrected chi connectivity index (χ3v) is 2.57. The molecule has 0 radical (unpaired) electrons. The van der Waals surface area contributed by atoms with Gasteiger partial charge < -0.3 is 9.84 Å². The van der Waals surface area contributed by atoms with Crippen LogP contribution in [-0.4, -0.2) is 5.11 Å². The van der Waals surface area contributed by atoms with E-state index in [0.717, 1.165) is 5.75 Å². The summed E-state index contributed by atoms with van der Waals surface area (Å²) in [5, 5.41) is 9.57. The van der Waals surface area contributed by atoms with Gasteiger partial charge >= 0.3 is 0 Å². The largest absolute Gasteiger partial charge is 0.504 e. The number of hydrogen-bond acceptors (Lipinski definition) is 2. The van der Waals surface area contributed by atoms with Crippen molar-refractivity contribution in [2.75, 3.05) is 0 Å². The molecule has 0 amide bonds. The van der Waals surface area contributed by atoms with E-state index in [2.05, 4.69) is 6.92 Å². The van der Waals surface area contributed by atoms with E-state index in [9.17, 15) is 5.11 Å². The Labute approximate surface area is 95.1 Å². The number of benzene rings is 2. The second-order valence-corrected chi connectivity index (χ2v) is 3.82. The average Bonchev–Trinajstić information content (AvgIpc) is 2.27. The van der Waals surface area contributed by atoms with Gasteiger partial charge in [0.05, 0.1) is 0 Å². The van der Waals surface area contributed by atoms with Crippen molar-refractivity contribution in [3.8, 4) is 17.2 Å². The molecule has 0 aliphatic carbocycles. The van der Waals surface area contributed by atoms with Crippen LogP contribution in [0.4, 0.5) is 0 Å². The first kappa shape index (κ1) is 10.6. The van der Waals surface area contributed by atoms with E-state index in [1.54, 1.807) is 18.2 Å². The van der Waals surface area contributed by atoms with Gasteiger partial charge in [-0.3, -0.25) is 0 Å². The summed E-state index contributed by atoms with van der Waals surface area (Å²) in [7, 11) is 0. The number of phenols is 1. The molecule has 0 aliphatic rings. The molecule has 2 rings (SSSR count). The van der Waals surface area contributed by atoms with E-state index in [0.29, 0.717) is 5.75 Å². The maximum atomic E-state index is 9.57. The molecule has 0 spiro atoms. The fourth-order valence-electron chi connectivity index (χ4n) is 1.45. The molecule has 2 aromatic rings. The lowest BCUT2D eigenvalue weighted by Crippen LogP contribution is -1.87. The summed E-state index contributed by atoms with van der Waals surface area (Å²) in [6.07, 6.45) is 0. The van der Waals surface area contributed by atoms with Crippen molar-refractivity contribution < 1.29 is 9.84 Å². The topological polar surface area (TPSA) is 29.5 Å². The van der Waals surface area contributed by atoms with Crippen LogP contribution in [0.5, 0.6) is 17.2 Å². The number of rotatable bonds is 2. The van der Waals surface area contributed by atoms with Gasteiger partial charge in [0.2, 0.25) is 0 Å². The highest BCUT2D eigenvalue weighted by molar-refractivity contribution is 5.43. The molecule has 2 nitrogen and oxygen atoms in total. The molecule has 82 valence electrons. The van der Waals surface area contributed by atoms with Gasteiger partial charge in [0.25, 0.3) is 0 Å². The number of aryl methyl sites for hydroxylation is 2. The zero-order chi connectivity index (χ0) is 11.5. The number of para-hydroxylation sites is 2. The summed E-state index contributed by atoms with van der Waals surface area (Å²) in [6.45, 7) is 4.09. The number of ether oxygens (including phenoxy) is 1. The van der Waals surface area contributed by atoms with Crippen LogP contribution in [0.15, 0.2) is 42.5 Å². The van der Waals surface area contributed by atoms with Gasteiger partial charge in [0.15, 0.2) is 11.5 Å². The Morgan fingerprint density at radius 2 is 1.69 bits per heavy atom. The Kier molecular flexibility index (Phi) is 2.82. The molecule has 0 atom stereocenters. The summed E-state index contributed by atoms with van der Waals surface area (Å²) >= 11 is 0. The van der Waals surface area contributed by atoms with Crippen molar-refractivity contribution in [3.05, 3.63) is 53.6 Å². The minimum Gasteiger partial charge on any atom is -0.504 e. The predicted octanol–water partition coefficient (Wildman–Crippen LogP) is 3.80. The smallest absolute Gasteiger partial charge is 0.169 e. The van der Waals surface area contributed by atoms with Crippen molar-refractivity contribution in [2.45, 2.75) is 13.8 Å². The average molecular weight is 214 g/mol. The minimum atomic E-state index is 0.153. The van der Waals surface area contributed by atoms with Crippen LogP contribution < -0.4 is 4.74 Å². The molecule has 0 saturated carbocycles. The van der Waals surface area contributed by atoms with Crippen LogP contribution in [0.25, 0.3) is 0 Å². The van der Waals surface area contributed by atoms with Crippen LogP contribution in [-0.2, 0) is 0 Å². The summed E-state index contributed by atoms with van der Waals surface area (Å²) in [4.78, 5) is 0. The highest BCUT2D eigenvalue weighted by Gasteiger charge is 2.03. The molecule has 1 N–H and O–H groups in total. The van der Waals surface area contributed by atoms with E-state index < -0.39 is 0 Å². The summed E-state index contributed by atoms with van der Waals surface area (Å²) in [6, 6.07) is 12.8. The molecule has 0 unspecified atom stereocenters. The van der Waals surface area contributed by atoms with Crippen molar-refractivity contribution in [2.24, 2.45) is 0 Å². The van der Waals surface area contributed by atoms with Gasteiger partial charge in [-0.1, -0.05) is 18.2 Å². The van der Waals surface area contributed by atoms with Gasteiger partial charge in [-0.25, -0.2) is 0 Å². The van der Waals surface area contributed by atoms with Crippen LogP contribution in [0, 0.1) is 13.8 Å². The molecule has 0 fully saturated rings. The standard InChI is InChI=1S/C14H14O2/c1-10-7-8-12(9-11(10)2)16-14-6-4-3-5-13(14)15/h3-9,15H,1-2H3. The fraction of sp³-hybridized carbons (Fsp3) is 0.143. The van der Waals surface area contributed by atoms with Gasteiger partial charge in [-0.2, -0.15) is 0 Å². The second-order valence-electron chi connectivity index (χ2n) is 3.82. The Balaban J connectivity index is 2.28. The lowest BCUT2D eigenvalue weighted by molar-refractivity contribution is 0.411. The summed E-state index contributed by atoms with van der Waals surface area (Å²) in [5.74, 6) is 1.37. The minimum absolute atomic E-state index is 0.153. The summed E-state index contributed by atoms with van der Waals surface area (Å²) < 4.78 is 5.59. The van der Waals surface area contributed by atoms with Crippen molar-refractivity contribution in [3.63, 3.8) is 0 Å². The van der Waals surface area contributed by atoms with E-state index in [1.807, 2.05) is 31.2 Å². The molecular weight excluding hydrogens is 200 g/mol. The first-order valence-corrected chi connectivity index (χ1v) is 5.20. The summed E-state index contributed by atoms with van der Waals surface area (Å²) in [5.41, 5.74) is 2.40. The van der Waals surface area contributed by atoms with Crippen molar-refractivity contribution in [1.29, 1.82) is 0 Å². The first-order valence-electron chi connectivity index (χ1n) is 5.20. The van der Waals surface area contributed by atoms with E-state index >= 15 is 0 Å². The van der Waals surface area contributed by atoms with Crippen LogP contribution in [0.3, 0.4) is 0 Å². The second kappa shape index (κ2) is 4.27. The highest BCUT2D eigenvalue weighted by atomic mass is 16.5. The molecule has 0 aromatic heterocycles. The van der Waals surface area contributed by atoms with Gasteiger partial charge in [0.1, 0.15) is 5.75 Å². The molecule has 0 saturated heterocycles. The third kappa shape index (κ3) is 2.16. The van der Waals surface area contributed by atoms with Crippen molar-refractivity contribution in [1.82, 2.24) is 0 Å². The monoisotopic (exact) mass is 214 g/mol. The molecule has 2 heteroatoms. The maximum Gasteiger partial charge on any atom is 0.169 e. The van der Waals surface area contributed by atoms with Crippen molar-refractivity contribution >= 4 is 0 Å². The van der Waals surface area contributed by atoms with Gasteiger partial charge in [0, 0.05) is 0 Å². The quantitative estimate of drug-likeness (QED) is 0.823. The lowest BCUT2D eigenvalue weighted by atomic mass is 10.1. The predicted molar refractivity (Wildman–Crippen MR) is 64.1 cm³/mol. The third-order valence-electron chi connectivity index (χ3n) is 2.57. The van der Waals surface area contributed by atoms with E-state index in [4.69, 9.17) is 4.74 Å². The molecule has 0 aliphatic heterocycles. The Morgan fingerprint density at radius 1 is 0.938 bits per heavy atom. The van der Waals surface area contributed by atoms with Gasteiger partial charge in [-0.05, 0) is 49.2 Å². The Morgan fingerprint density at radius 3 is 2.38 bits per heavy atom. The normalized spacial score (nSPS) is 10.1. The molecule has 0 bridgehead atoms. The Hall–Kier alpha value is -1.96. The fourth-order valence-corrected chi connectivity index (χ4v) is 1.45. The number of hydrogen-bond donors (Lipinski definition) is 1. The lowest BCUT2D eigenvalue weighted by Gasteiger charge is -2.08. The maximum absolute atomic E-state index is 9.57.